The quantitative estimate of drug-likeness (QED) is 0.347. The van der Waals surface area contributed by atoms with Crippen molar-refractivity contribution in [2.75, 3.05) is 13.7 Å². The smallest absolute Gasteiger partial charge is 0.325 e. The van der Waals surface area contributed by atoms with Crippen molar-refractivity contribution in [2.24, 2.45) is 4.99 Å². The molecule has 0 bridgehead atoms. The van der Waals surface area contributed by atoms with E-state index in [9.17, 15) is 19.7 Å². The van der Waals surface area contributed by atoms with E-state index in [2.05, 4.69) is 4.99 Å². The summed E-state index contributed by atoms with van der Waals surface area (Å²) < 4.78 is 12.7. The molecule has 0 N–H and O–H groups in total. The topological polar surface area (TPSA) is 113 Å². The lowest BCUT2D eigenvalue weighted by Crippen LogP contribution is -2.23. The number of benzene rings is 2. The molecule has 3 rings (SSSR count). The molecule has 0 saturated carbocycles. The number of rotatable bonds is 6. The van der Waals surface area contributed by atoms with Crippen LogP contribution in [0, 0.1) is 10.1 Å². The Morgan fingerprint density at radius 2 is 1.97 bits per heavy atom. The Morgan fingerprint density at radius 1 is 1.21 bits per heavy atom. The number of nitro groups is 1. The van der Waals surface area contributed by atoms with E-state index in [1.165, 1.54) is 47.3 Å². The highest BCUT2D eigenvalue weighted by molar-refractivity contribution is 7.16. The van der Waals surface area contributed by atoms with Crippen molar-refractivity contribution >= 4 is 39.1 Å². The highest BCUT2D eigenvalue weighted by Gasteiger charge is 2.20. The third kappa shape index (κ3) is 4.16. The van der Waals surface area contributed by atoms with E-state index >= 15 is 0 Å². The number of para-hydroxylation sites is 2. The van der Waals surface area contributed by atoms with E-state index in [1.54, 1.807) is 12.1 Å². The largest absolute Gasteiger partial charge is 0.492 e. The zero-order chi connectivity index (χ0) is 21.0. The molecule has 29 heavy (non-hydrogen) atoms. The first kappa shape index (κ1) is 20.2. The van der Waals surface area contributed by atoms with Crippen molar-refractivity contribution in [3.8, 4) is 5.75 Å². The van der Waals surface area contributed by atoms with Crippen LogP contribution in [0.5, 0.6) is 5.75 Å². The van der Waals surface area contributed by atoms with E-state index in [1.807, 2.05) is 13.0 Å². The molecule has 0 aliphatic carbocycles. The van der Waals surface area contributed by atoms with Gasteiger partial charge in [0.05, 0.1) is 23.3 Å². The van der Waals surface area contributed by atoms with Gasteiger partial charge in [0, 0.05) is 6.07 Å². The minimum Gasteiger partial charge on any atom is -0.492 e. The second kappa shape index (κ2) is 8.65. The molecule has 0 aliphatic rings. The van der Waals surface area contributed by atoms with E-state index < -0.39 is 16.8 Å². The van der Waals surface area contributed by atoms with Crippen molar-refractivity contribution in [3.63, 3.8) is 0 Å². The number of carbonyl (C=O) groups excluding carboxylic acids is 2. The summed E-state index contributed by atoms with van der Waals surface area (Å²) in [6, 6.07) is 10.9. The fourth-order valence-electron chi connectivity index (χ4n) is 2.76. The lowest BCUT2D eigenvalue weighted by Gasteiger charge is -2.08. The number of hydrogen-bond acceptors (Lipinski definition) is 7. The van der Waals surface area contributed by atoms with Crippen LogP contribution in [0.1, 0.15) is 17.3 Å². The number of aromatic nitrogens is 1. The molecule has 1 amide bonds. The van der Waals surface area contributed by atoms with E-state index in [-0.39, 0.29) is 22.6 Å². The summed E-state index contributed by atoms with van der Waals surface area (Å²) in [7, 11) is 1.26. The van der Waals surface area contributed by atoms with Gasteiger partial charge in [-0.2, -0.15) is 4.99 Å². The predicted molar refractivity (Wildman–Crippen MR) is 106 cm³/mol. The minimum atomic E-state index is -0.777. The maximum atomic E-state index is 12.7. The van der Waals surface area contributed by atoms with Gasteiger partial charge >= 0.3 is 5.97 Å². The number of esters is 1. The first-order chi connectivity index (χ1) is 14.0. The van der Waals surface area contributed by atoms with Gasteiger partial charge in [0.15, 0.2) is 4.80 Å². The number of methoxy groups -OCH3 is 1. The van der Waals surface area contributed by atoms with Crippen LogP contribution in [0.25, 0.3) is 10.2 Å². The highest BCUT2D eigenvalue weighted by atomic mass is 32.1. The molecule has 9 nitrogen and oxygen atoms in total. The molecule has 0 fully saturated rings. The van der Waals surface area contributed by atoms with Crippen LogP contribution in [0.4, 0.5) is 5.69 Å². The molecule has 0 aliphatic heterocycles. The van der Waals surface area contributed by atoms with Crippen LogP contribution in [0.15, 0.2) is 47.5 Å². The van der Waals surface area contributed by atoms with Gasteiger partial charge in [-0.1, -0.05) is 29.5 Å². The number of amides is 1. The second-order valence-corrected chi connectivity index (χ2v) is 6.78. The Hall–Kier alpha value is -3.53. The fraction of sp³-hybridized carbons (Fsp3) is 0.211. The third-order valence-corrected chi connectivity index (χ3v) is 5.05. The lowest BCUT2D eigenvalue weighted by atomic mass is 10.2. The van der Waals surface area contributed by atoms with Crippen molar-refractivity contribution in [2.45, 2.75) is 13.5 Å². The van der Waals surface area contributed by atoms with Gasteiger partial charge in [0.1, 0.15) is 23.4 Å². The normalized spacial score (nSPS) is 11.4. The van der Waals surface area contributed by atoms with Gasteiger partial charge in [-0.15, -0.1) is 0 Å². The first-order valence-electron chi connectivity index (χ1n) is 8.60. The Labute approximate surface area is 169 Å². The van der Waals surface area contributed by atoms with E-state index in [0.29, 0.717) is 17.9 Å². The van der Waals surface area contributed by atoms with E-state index in [4.69, 9.17) is 9.47 Å². The molecule has 3 aromatic rings. The molecular weight excluding hydrogens is 398 g/mol. The molecule has 0 radical (unpaired) electrons. The molecule has 1 aromatic heterocycles. The summed E-state index contributed by atoms with van der Waals surface area (Å²) in [5, 5.41) is 11.2. The molecule has 2 aromatic carbocycles. The van der Waals surface area contributed by atoms with Gasteiger partial charge in [-0.05, 0) is 25.1 Å². The summed E-state index contributed by atoms with van der Waals surface area (Å²) in [5.41, 5.74) is 0.125. The second-order valence-electron chi connectivity index (χ2n) is 5.77. The van der Waals surface area contributed by atoms with Gasteiger partial charge in [0.2, 0.25) is 0 Å². The Bertz CT molecular complexity index is 1160. The number of fused-ring (bicyclic) bond motifs is 1. The van der Waals surface area contributed by atoms with Gasteiger partial charge in [0.25, 0.3) is 11.6 Å². The molecule has 150 valence electrons. The molecule has 1 heterocycles. The molecule has 0 spiro atoms. The van der Waals surface area contributed by atoms with E-state index in [0.717, 1.165) is 4.70 Å². The SMILES string of the molecule is CCOc1cccc2sc(=NC(=O)c3ccccc3[N+](=O)[O-])n(CC(=O)OC)c12. The molecular formula is C19H17N3O6S. The van der Waals surface area contributed by atoms with Crippen LogP contribution in [0.3, 0.4) is 0 Å². The van der Waals surface area contributed by atoms with Crippen LogP contribution >= 0.6 is 11.3 Å². The van der Waals surface area contributed by atoms with Crippen LogP contribution in [0.2, 0.25) is 0 Å². The molecule has 0 atom stereocenters. The predicted octanol–water partition coefficient (Wildman–Crippen LogP) is 2.92. The number of carbonyl (C=O) groups is 2. The van der Waals surface area contributed by atoms with Gasteiger partial charge < -0.3 is 14.0 Å². The Kier molecular flexibility index (Phi) is 6.03. The van der Waals surface area contributed by atoms with Crippen LogP contribution in [-0.2, 0) is 16.1 Å². The summed E-state index contributed by atoms with van der Waals surface area (Å²) >= 11 is 1.17. The number of nitro benzene ring substituents is 1. The summed E-state index contributed by atoms with van der Waals surface area (Å²) in [6.07, 6.45) is 0. The maximum Gasteiger partial charge on any atom is 0.325 e. The van der Waals surface area contributed by atoms with Gasteiger partial charge in [-0.25, -0.2) is 0 Å². The average molecular weight is 415 g/mol. The monoisotopic (exact) mass is 415 g/mol. The standard InChI is InChI=1S/C19H17N3O6S/c1-3-28-14-9-6-10-15-17(14)21(11-16(23)27-2)19(29-15)20-18(24)12-7-4-5-8-13(12)22(25)26/h4-10H,3,11H2,1-2H3. The van der Waals surface area contributed by atoms with Crippen molar-refractivity contribution in [1.29, 1.82) is 0 Å². The lowest BCUT2D eigenvalue weighted by molar-refractivity contribution is -0.385. The van der Waals surface area contributed by atoms with Crippen molar-refractivity contribution in [1.82, 2.24) is 4.57 Å². The number of hydrogen-bond donors (Lipinski definition) is 0. The average Bonchev–Trinajstić information content (AvgIpc) is 3.05. The summed E-state index contributed by atoms with van der Waals surface area (Å²) in [4.78, 5) is 39.5. The van der Waals surface area contributed by atoms with Gasteiger partial charge in [-0.3, -0.25) is 19.7 Å². The number of nitrogens with zero attached hydrogens (tertiary/aromatic N) is 3. The number of ether oxygens (including phenoxy) is 2. The van der Waals surface area contributed by atoms with Crippen molar-refractivity contribution in [3.05, 3.63) is 62.9 Å². The molecule has 0 saturated heterocycles. The maximum absolute atomic E-state index is 12.7. The third-order valence-electron chi connectivity index (χ3n) is 4.01. The minimum absolute atomic E-state index is 0.135. The van der Waals surface area contributed by atoms with Crippen molar-refractivity contribution < 1.29 is 24.0 Å². The number of thiazole rings is 1. The van der Waals surface area contributed by atoms with Crippen LogP contribution in [-0.4, -0.2) is 35.1 Å². The Balaban J connectivity index is 2.22. The van der Waals surface area contributed by atoms with Crippen LogP contribution < -0.4 is 9.54 Å². The summed E-state index contributed by atoms with van der Waals surface area (Å²) in [5.74, 6) is -0.777. The zero-order valence-corrected chi connectivity index (χ0v) is 16.5. The fourth-order valence-corrected chi connectivity index (χ4v) is 3.80. The highest BCUT2D eigenvalue weighted by Crippen LogP contribution is 2.28. The molecule has 10 heteroatoms. The Morgan fingerprint density at radius 3 is 2.66 bits per heavy atom. The zero-order valence-electron chi connectivity index (χ0n) is 15.7. The molecule has 0 unspecified atom stereocenters. The first-order valence-corrected chi connectivity index (χ1v) is 9.42. The summed E-state index contributed by atoms with van der Waals surface area (Å²) in [6.45, 7) is 2.05.